The molecule has 0 spiro atoms. The van der Waals surface area contributed by atoms with Crippen molar-refractivity contribution in [3.8, 4) is 0 Å². The Balaban J connectivity index is 2.44. The summed E-state index contributed by atoms with van der Waals surface area (Å²) < 4.78 is 10.3. The quantitative estimate of drug-likeness (QED) is 0.474. The Hall–Kier alpha value is -0.0800. The standard InChI is InChI=1S/C6H11O2/c1-5-7-4-6(2,3)8-5/h4H2,1-3H3. The second-order valence-corrected chi connectivity index (χ2v) is 2.64. The highest BCUT2D eigenvalue weighted by Crippen LogP contribution is 2.25. The summed E-state index contributed by atoms with van der Waals surface area (Å²) in [4.78, 5) is 0. The Morgan fingerprint density at radius 3 is 2.25 bits per heavy atom. The summed E-state index contributed by atoms with van der Waals surface area (Å²) in [6.45, 7) is 6.51. The molecule has 0 amide bonds. The van der Waals surface area contributed by atoms with E-state index in [0.717, 1.165) is 0 Å². The van der Waals surface area contributed by atoms with E-state index in [1.54, 1.807) is 0 Å². The van der Waals surface area contributed by atoms with Crippen molar-refractivity contribution >= 4 is 0 Å². The summed E-state index contributed by atoms with van der Waals surface area (Å²) in [7, 11) is 0. The minimum atomic E-state index is -0.0932. The number of ether oxygens (including phenoxy) is 2. The van der Waals surface area contributed by atoms with Gasteiger partial charge in [0.2, 0.25) is 6.29 Å². The van der Waals surface area contributed by atoms with Crippen LogP contribution in [0.15, 0.2) is 0 Å². The van der Waals surface area contributed by atoms with Crippen molar-refractivity contribution in [3.05, 3.63) is 6.29 Å². The molecule has 1 aliphatic heterocycles. The highest BCUT2D eigenvalue weighted by Gasteiger charge is 2.30. The first-order valence-corrected chi connectivity index (χ1v) is 2.75. The van der Waals surface area contributed by atoms with E-state index in [1.165, 1.54) is 0 Å². The first kappa shape index (κ1) is 6.05. The molecule has 0 atom stereocenters. The van der Waals surface area contributed by atoms with Crippen molar-refractivity contribution in [1.29, 1.82) is 0 Å². The highest BCUT2D eigenvalue weighted by molar-refractivity contribution is 4.79. The van der Waals surface area contributed by atoms with Crippen molar-refractivity contribution < 1.29 is 9.47 Å². The largest absolute Gasteiger partial charge is 0.343 e. The maximum absolute atomic E-state index is 5.24. The molecule has 2 heteroatoms. The third kappa shape index (κ3) is 1.20. The van der Waals surface area contributed by atoms with E-state index < -0.39 is 0 Å². The van der Waals surface area contributed by atoms with Crippen molar-refractivity contribution in [1.82, 2.24) is 0 Å². The monoisotopic (exact) mass is 115 g/mol. The zero-order chi connectivity index (χ0) is 6.20. The van der Waals surface area contributed by atoms with Gasteiger partial charge in [0, 0.05) is 0 Å². The molecule has 1 aliphatic rings. The van der Waals surface area contributed by atoms with Crippen LogP contribution in [0, 0.1) is 6.29 Å². The summed E-state index contributed by atoms with van der Waals surface area (Å²) >= 11 is 0. The van der Waals surface area contributed by atoms with Gasteiger partial charge in [0.25, 0.3) is 0 Å². The van der Waals surface area contributed by atoms with Crippen molar-refractivity contribution in [2.24, 2.45) is 0 Å². The molecular formula is C6H11O2. The van der Waals surface area contributed by atoms with E-state index in [1.807, 2.05) is 20.8 Å². The normalized spacial score (nSPS) is 28.9. The summed E-state index contributed by atoms with van der Waals surface area (Å²) in [6.07, 6.45) is 0.690. The second kappa shape index (κ2) is 1.71. The molecule has 0 bridgehead atoms. The molecule has 0 N–H and O–H groups in total. The molecule has 0 aromatic rings. The molecule has 2 nitrogen and oxygen atoms in total. The van der Waals surface area contributed by atoms with Crippen LogP contribution in [0.1, 0.15) is 20.8 Å². The summed E-state index contributed by atoms with van der Waals surface area (Å²) in [6, 6.07) is 0. The maximum atomic E-state index is 5.24. The fourth-order valence-corrected chi connectivity index (χ4v) is 0.723. The van der Waals surface area contributed by atoms with Crippen LogP contribution in [0.2, 0.25) is 0 Å². The summed E-state index contributed by atoms with van der Waals surface area (Å²) in [5.41, 5.74) is -0.0932. The van der Waals surface area contributed by atoms with Crippen LogP contribution in [0.25, 0.3) is 0 Å². The lowest BCUT2D eigenvalue weighted by atomic mass is 10.2. The zero-order valence-corrected chi connectivity index (χ0v) is 5.52. The summed E-state index contributed by atoms with van der Waals surface area (Å²) in [5.74, 6) is 0. The molecule has 8 heavy (non-hydrogen) atoms. The number of rotatable bonds is 0. The van der Waals surface area contributed by atoms with Gasteiger partial charge >= 0.3 is 0 Å². The molecule has 1 radical (unpaired) electrons. The van der Waals surface area contributed by atoms with Gasteiger partial charge in [-0.1, -0.05) is 0 Å². The first-order valence-electron chi connectivity index (χ1n) is 2.75. The lowest BCUT2D eigenvalue weighted by Gasteiger charge is -2.12. The van der Waals surface area contributed by atoms with Crippen LogP contribution in [0.3, 0.4) is 0 Å². The van der Waals surface area contributed by atoms with Gasteiger partial charge in [-0.05, 0) is 20.8 Å². The van der Waals surface area contributed by atoms with Crippen LogP contribution < -0.4 is 0 Å². The number of hydrogen-bond donors (Lipinski definition) is 0. The predicted octanol–water partition coefficient (Wildman–Crippen LogP) is 1.32. The third-order valence-electron chi connectivity index (χ3n) is 1.04. The fourth-order valence-electron chi connectivity index (χ4n) is 0.723. The van der Waals surface area contributed by atoms with Gasteiger partial charge in [-0.3, -0.25) is 0 Å². The maximum Gasteiger partial charge on any atom is 0.221 e. The Morgan fingerprint density at radius 2 is 2.12 bits per heavy atom. The second-order valence-electron chi connectivity index (χ2n) is 2.64. The minimum absolute atomic E-state index is 0.0932. The van der Waals surface area contributed by atoms with E-state index in [2.05, 4.69) is 0 Å². The zero-order valence-electron chi connectivity index (χ0n) is 5.52. The minimum Gasteiger partial charge on any atom is -0.343 e. The Kier molecular flexibility index (Phi) is 1.29. The molecule has 0 aromatic carbocycles. The van der Waals surface area contributed by atoms with Gasteiger partial charge in [-0.15, -0.1) is 0 Å². The first-order chi connectivity index (χ1) is 3.60. The van der Waals surface area contributed by atoms with Crippen molar-refractivity contribution in [2.75, 3.05) is 6.61 Å². The molecular weight excluding hydrogens is 104 g/mol. The van der Waals surface area contributed by atoms with E-state index >= 15 is 0 Å². The van der Waals surface area contributed by atoms with Crippen LogP contribution in [0.4, 0.5) is 0 Å². The van der Waals surface area contributed by atoms with Crippen LogP contribution in [-0.4, -0.2) is 12.2 Å². The molecule has 1 heterocycles. The van der Waals surface area contributed by atoms with Crippen LogP contribution >= 0.6 is 0 Å². The lowest BCUT2D eigenvalue weighted by Crippen LogP contribution is -2.21. The van der Waals surface area contributed by atoms with Gasteiger partial charge in [0.1, 0.15) is 0 Å². The molecule has 1 rings (SSSR count). The van der Waals surface area contributed by atoms with E-state index in [9.17, 15) is 0 Å². The Morgan fingerprint density at radius 1 is 1.50 bits per heavy atom. The van der Waals surface area contributed by atoms with Crippen LogP contribution in [0.5, 0.6) is 0 Å². The van der Waals surface area contributed by atoms with Gasteiger partial charge in [-0.2, -0.15) is 0 Å². The van der Waals surface area contributed by atoms with Gasteiger partial charge in [0.05, 0.1) is 12.2 Å². The molecule has 1 fully saturated rings. The highest BCUT2D eigenvalue weighted by atomic mass is 16.7. The number of hydrogen-bond acceptors (Lipinski definition) is 2. The van der Waals surface area contributed by atoms with E-state index in [-0.39, 0.29) is 5.60 Å². The Labute approximate surface area is 49.8 Å². The Bertz CT molecular complexity index is 88.5. The van der Waals surface area contributed by atoms with E-state index in [4.69, 9.17) is 9.47 Å². The van der Waals surface area contributed by atoms with Crippen molar-refractivity contribution in [2.45, 2.75) is 26.4 Å². The van der Waals surface area contributed by atoms with Gasteiger partial charge in [0.15, 0.2) is 0 Å². The van der Waals surface area contributed by atoms with E-state index in [0.29, 0.717) is 12.9 Å². The molecule has 47 valence electrons. The van der Waals surface area contributed by atoms with Gasteiger partial charge in [-0.25, -0.2) is 0 Å². The average molecular weight is 115 g/mol. The smallest absolute Gasteiger partial charge is 0.221 e. The molecule has 1 saturated heterocycles. The predicted molar refractivity (Wildman–Crippen MR) is 30.0 cm³/mol. The average Bonchev–Trinajstić information content (AvgIpc) is 1.82. The van der Waals surface area contributed by atoms with Crippen LogP contribution in [-0.2, 0) is 9.47 Å². The summed E-state index contributed by atoms with van der Waals surface area (Å²) in [5, 5.41) is 0. The fraction of sp³-hybridized carbons (Fsp3) is 0.833. The third-order valence-corrected chi connectivity index (χ3v) is 1.04. The SMILES string of the molecule is C[C]1OCC(C)(C)O1. The molecule has 0 saturated carbocycles. The van der Waals surface area contributed by atoms with Crippen molar-refractivity contribution in [3.63, 3.8) is 0 Å². The molecule has 0 aromatic heterocycles. The topological polar surface area (TPSA) is 18.5 Å². The lowest BCUT2D eigenvalue weighted by molar-refractivity contribution is 0.0254. The molecule has 0 aliphatic carbocycles. The molecule has 0 unspecified atom stereocenters. The van der Waals surface area contributed by atoms with Gasteiger partial charge < -0.3 is 9.47 Å².